The van der Waals surface area contributed by atoms with E-state index in [0.29, 0.717) is 24.4 Å². The van der Waals surface area contributed by atoms with Crippen LogP contribution in [0.2, 0.25) is 0 Å². The highest BCUT2D eigenvalue weighted by atomic mass is 19.3. The quantitative estimate of drug-likeness (QED) is 0.904. The third kappa shape index (κ3) is 3.52. The largest absolute Gasteiger partial charge is 0.434 e. The fourth-order valence-electron chi connectivity index (χ4n) is 3.61. The molecular weight excluding hydrogens is 274 g/mol. The number of alkyl halides is 2. The third-order valence-electron chi connectivity index (χ3n) is 4.54. The van der Waals surface area contributed by atoms with Gasteiger partial charge in [-0.3, -0.25) is 4.90 Å². The number of nitrogens with zero attached hydrogens (tertiary/aromatic N) is 1. The summed E-state index contributed by atoms with van der Waals surface area (Å²) in [6.45, 7) is 0.0505. The minimum atomic E-state index is -2.77. The van der Waals surface area contributed by atoms with Crippen LogP contribution in [0.25, 0.3) is 0 Å². The van der Waals surface area contributed by atoms with E-state index in [0.717, 1.165) is 18.7 Å². The lowest BCUT2D eigenvalue weighted by atomic mass is 10.0. The summed E-state index contributed by atoms with van der Waals surface area (Å²) in [6.07, 6.45) is 4.83. The van der Waals surface area contributed by atoms with Crippen molar-refractivity contribution in [2.24, 2.45) is 0 Å². The molecule has 0 amide bonds. The Morgan fingerprint density at radius 2 is 2.10 bits per heavy atom. The standard InChI is InChI=1S/C16H22F2N2O/c17-16(18)21-15-8-2-1-5-12(15)11-20-10-4-7-14(20)13-6-3-9-19-13/h1-2,5,8,13-14,16,19H,3-4,6-7,9-11H2. The molecule has 2 heterocycles. The van der Waals surface area contributed by atoms with Crippen molar-refractivity contribution in [3.05, 3.63) is 29.8 Å². The molecule has 2 atom stereocenters. The van der Waals surface area contributed by atoms with Gasteiger partial charge in [-0.15, -0.1) is 0 Å². The Labute approximate surface area is 124 Å². The zero-order chi connectivity index (χ0) is 14.7. The van der Waals surface area contributed by atoms with Gasteiger partial charge in [-0.25, -0.2) is 0 Å². The fraction of sp³-hybridized carbons (Fsp3) is 0.625. The number of hydrogen-bond acceptors (Lipinski definition) is 3. The first-order valence-corrected chi connectivity index (χ1v) is 7.74. The fourth-order valence-corrected chi connectivity index (χ4v) is 3.61. The van der Waals surface area contributed by atoms with E-state index in [1.165, 1.54) is 25.7 Å². The summed E-state index contributed by atoms with van der Waals surface area (Å²) in [5.41, 5.74) is 0.850. The first-order chi connectivity index (χ1) is 10.2. The smallest absolute Gasteiger partial charge is 0.387 e. The van der Waals surface area contributed by atoms with E-state index in [4.69, 9.17) is 0 Å². The average Bonchev–Trinajstić information content (AvgIpc) is 3.10. The molecule has 0 spiro atoms. The number of benzene rings is 1. The molecule has 116 valence electrons. The first kappa shape index (κ1) is 14.7. The van der Waals surface area contributed by atoms with Crippen molar-refractivity contribution in [1.82, 2.24) is 10.2 Å². The van der Waals surface area contributed by atoms with E-state index in [2.05, 4.69) is 15.0 Å². The van der Waals surface area contributed by atoms with Crippen LogP contribution in [0.1, 0.15) is 31.2 Å². The summed E-state index contributed by atoms with van der Waals surface area (Å²) >= 11 is 0. The molecule has 2 aliphatic heterocycles. The monoisotopic (exact) mass is 296 g/mol. The molecule has 0 aliphatic carbocycles. The number of rotatable bonds is 5. The summed E-state index contributed by atoms with van der Waals surface area (Å²) in [5.74, 6) is 0.303. The Kier molecular flexibility index (Phi) is 4.70. The first-order valence-electron chi connectivity index (χ1n) is 7.74. The highest BCUT2D eigenvalue weighted by molar-refractivity contribution is 5.33. The van der Waals surface area contributed by atoms with Crippen LogP contribution in [0.3, 0.4) is 0 Å². The van der Waals surface area contributed by atoms with Crippen molar-refractivity contribution in [2.75, 3.05) is 13.1 Å². The van der Waals surface area contributed by atoms with Crippen molar-refractivity contribution in [3.63, 3.8) is 0 Å². The van der Waals surface area contributed by atoms with Crippen LogP contribution in [-0.2, 0) is 6.54 Å². The van der Waals surface area contributed by atoms with E-state index in [1.807, 2.05) is 12.1 Å². The van der Waals surface area contributed by atoms with Crippen LogP contribution in [0.4, 0.5) is 8.78 Å². The average molecular weight is 296 g/mol. The van der Waals surface area contributed by atoms with Crippen LogP contribution in [-0.4, -0.2) is 36.7 Å². The number of likely N-dealkylation sites (tertiary alicyclic amines) is 1. The normalized spacial score (nSPS) is 26.6. The van der Waals surface area contributed by atoms with E-state index in [1.54, 1.807) is 12.1 Å². The molecule has 0 radical (unpaired) electrons. The van der Waals surface area contributed by atoms with Crippen LogP contribution >= 0.6 is 0 Å². The molecule has 1 N–H and O–H groups in total. The maximum atomic E-state index is 12.5. The zero-order valence-corrected chi connectivity index (χ0v) is 12.1. The topological polar surface area (TPSA) is 24.5 Å². The van der Waals surface area contributed by atoms with Gasteiger partial charge in [-0.05, 0) is 44.8 Å². The van der Waals surface area contributed by atoms with Gasteiger partial charge in [-0.2, -0.15) is 8.78 Å². The van der Waals surface area contributed by atoms with E-state index >= 15 is 0 Å². The van der Waals surface area contributed by atoms with E-state index < -0.39 is 6.61 Å². The van der Waals surface area contributed by atoms with Gasteiger partial charge in [0.25, 0.3) is 0 Å². The molecule has 5 heteroatoms. The highest BCUT2D eigenvalue weighted by Gasteiger charge is 2.33. The molecule has 21 heavy (non-hydrogen) atoms. The third-order valence-corrected chi connectivity index (χ3v) is 4.54. The van der Waals surface area contributed by atoms with Crippen molar-refractivity contribution < 1.29 is 13.5 Å². The van der Waals surface area contributed by atoms with Gasteiger partial charge >= 0.3 is 6.61 Å². The predicted octanol–water partition coefficient (Wildman–Crippen LogP) is 3.00. The molecule has 1 aromatic carbocycles. The second kappa shape index (κ2) is 6.71. The van der Waals surface area contributed by atoms with Crippen LogP contribution < -0.4 is 10.1 Å². The number of ether oxygens (including phenoxy) is 1. The molecule has 3 nitrogen and oxygen atoms in total. The number of para-hydroxylation sites is 1. The van der Waals surface area contributed by atoms with Crippen molar-refractivity contribution in [2.45, 2.75) is 50.9 Å². The van der Waals surface area contributed by atoms with Gasteiger partial charge in [-0.1, -0.05) is 18.2 Å². The van der Waals surface area contributed by atoms with Crippen LogP contribution in [0.5, 0.6) is 5.75 Å². The summed E-state index contributed by atoms with van der Waals surface area (Å²) in [6, 6.07) is 8.20. The Bertz CT molecular complexity index is 463. The minimum absolute atomic E-state index is 0.303. The van der Waals surface area contributed by atoms with Gasteiger partial charge in [0.15, 0.2) is 0 Å². The number of halogens is 2. The molecule has 2 unspecified atom stereocenters. The summed E-state index contributed by atoms with van der Waals surface area (Å²) in [7, 11) is 0. The molecule has 0 aromatic heterocycles. The van der Waals surface area contributed by atoms with Gasteiger partial charge in [0, 0.05) is 24.2 Å². The minimum Gasteiger partial charge on any atom is -0.434 e. The molecule has 2 fully saturated rings. The van der Waals surface area contributed by atoms with Gasteiger partial charge in [0.05, 0.1) is 0 Å². The number of nitrogens with one attached hydrogen (secondary N) is 1. The van der Waals surface area contributed by atoms with Crippen molar-refractivity contribution >= 4 is 0 Å². The molecular formula is C16H22F2N2O. The predicted molar refractivity (Wildman–Crippen MR) is 77.5 cm³/mol. The Morgan fingerprint density at radius 3 is 2.86 bits per heavy atom. The molecule has 0 bridgehead atoms. The van der Waals surface area contributed by atoms with Gasteiger partial charge < -0.3 is 10.1 Å². The summed E-state index contributed by atoms with van der Waals surface area (Å²) < 4.78 is 29.6. The zero-order valence-electron chi connectivity index (χ0n) is 12.1. The Morgan fingerprint density at radius 1 is 1.24 bits per heavy atom. The molecule has 3 rings (SSSR count). The SMILES string of the molecule is FC(F)Oc1ccccc1CN1CCCC1C1CCCN1. The van der Waals surface area contributed by atoms with Crippen molar-refractivity contribution in [3.8, 4) is 5.75 Å². The Hall–Kier alpha value is -1.20. The number of hydrogen-bond donors (Lipinski definition) is 1. The molecule has 2 saturated heterocycles. The lowest BCUT2D eigenvalue weighted by Crippen LogP contribution is -2.43. The lowest BCUT2D eigenvalue weighted by Gasteiger charge is -2.30. The maximum Gasteiger partial charge on any atom is 0.387 e. The maximum absolute atomic E-state index is 12.5. The Balaban J connectivity index is 1.70. The van der Waals surface area contributed by atoms with Gasteiger partial charge in [0.1, 0.15) is 5.75 Å². The summed E-state index contributed by atoms with van der Waals surface area (Å²) in [4.78, 5) is 2.41. The van der Waals surface area contributed by atoms with Crippen molar-refractivity contribution in [1.29, 1.82) is 0 Å². The van der Waals surface area contributed by atoms with E-state index in [-0.39, 0.29) is 0 Å². The molecule has 0 saturated carbocycles. The lowest BCUT2D eigenvalue weighted by molar-refractivity contribution is -0.0508. The van der Waals surface area contributed by atoms with Crippen LogP contribution in [0.15, 0.2) is 24.3 Å². The highest BCUT2D eigenvalue weighted by Crippen LogP contribution is 2.29. The molecule has 2 aliphatic rings. The summed E-state index contributed by atoms with van der Waals surface area (Å²) in [5, 5.41) is 3.57. The molecule has 1 aromatic rings. The van der Waals surface area contributed by atoms with Gasteiger partial charge in [0.2, 0.25) is 0 Å². The van der Waals surface area contributed by atoms with Crippen LogP contribution in [0, 0.1) is 0 Å². The van der Waals surface area contributed by atoms with E-state index in [9.17, 15) is 8.78 Å². The second-order valence-corrected chi connectivity index (χ2v) is 5.87. The second-order valence-electron chi connectivity index (χ2n) is 5.87.